The Labute approximate surface area is 107 Å². The van der Waals surface area contributed by atoms with Gasteiger partial charge in [0.1, 0.15) is 0 Å². The van der Waals surface area contributed by atoms with E-state index in [-0.39, 0.29) is 0 Å². The topological polar surface area (TPSA) is 49.3 Å². The van der Waals surface area contributed by atoms with Crippen molar-refractivity contribution in [3.8, 4) is 0 Å². The smallest absolute Gasteiger partial charge is 0.335 e. The van der Waals surface area contributed by atoms with E-state index in [1.54, 1.807) is 6.07 Å². The maximum atomic E-state index is 10.9. The van der Waals surface area contributed by atoms with Crippen molar-refractivity contribution in [1.82, 2.24) is 0 Å². The molecule has 0 radical (unpaired) electrons. The summed E-state index contributed by atoms with van der Waals surface area (Å²) in [6, 6.07) is 5.82. The van der Waals surface area contributed by atoms with Crippen LogP contribution in [0.1, 0.15) is 29.3 Å². The fraction of sp³-hybridized carbons (Fsp3) is 0.462. The Morgan fingerprint density at radius 2 is 2.24 bits per heavy atom. The van der Waals surface area contributed by atoms with Crippen LogP contribution in [0, 0.1) is 6.92 Å². The number of carbonyl (C=O) groups is 1. The highest BCUT2D eigenvalue weighted by Crippen LogP contribution is 2.17. The summed E-state index contributed by atoms with van der Waals surface area (Å²) >= 11 is 1.81. The molecule has 1 aromatic rings. The number of carboxylic acids is 1. The summed E-state index contributed by atoms with van der Waals surface area (Å²) in [6.45, 7) is 3.97. The van der Waals surface area contributed by atoms with Gasteiger partial charge >= 0.3 is 5.97 Å². The molecule has 94 valence electrons. The molecule has 0 saturated carbocycles. The fourth-order valence-electron chi connectivity index (χ4n) is 1.69. The van der Waals surface area contributed by atoms with Crippen molar-refractivity contribution < 1.29 is 9.90 Å². The van der Waals surface area contributed by atoms with Gasteiger partial charge in [0.2, 0.25) is 0 Å². The molecule has 0 bridgehead atoms. The lowest BCUT2D eigenvalue weighted by molar-refractivity contribution is 0.0696. The predicted molar refractivity (Wildman–Crippen MR) is 74.2 cm³/mol. The molecule has 0 spiro atoms. The molecule has 1 atom stereocenters. The van der Waals surface area contributed by atoms with E-state index in [1.807, 2.05) is 30.8 Å². The first-order valence-corrected chi connectivity index (χ1v) is 7.07. The highest BCUT2D eigenvalue weighted by Gasteiger charge is 2.09. The lowest BCUT2D eigenvalue weighted by Gasteiger charge is -2.17. The zero-order valence-corrected chi connectivity index (χ0v) is 11.3. The van der Waals surface area contributed by atoms with Gasteiger partial charge in [-0.3, -0.25) is 0 Å². The zero-order valence-electron chi connectivity index (χ0n) is 10.5. The summed E-state index contributed by atoms with van der Waals surface area (Å²) in [5, 5.41) is 12.4. The molecule has 0 heterocycles. The van der Waals surface area contributed by atoms with Gasteiger partial charge in [0, 0.05) is 17.5 Å². The van der Waals surface area contributed by atoms with Crippen LogP contribution in [0.25, 0.3) is 0 Å². The van der Waals surface area contributed by atoms with E-state index in [0.29, 0.717) is 11.6 Å². The number of nitrogens with one attached hydrogen (secondary N) is 1. The van der Waals surface area contributed by atoms with Crippen molar-refractivity contribution in [3.63, 3.8) is 0 Å². The number of aromatic carboxylic acids is 1. The van der Waals surface area contributed by atoms with Gasteiger partial charge in [-0.25, -0.2) is 4.79 Å². The number of benzene rings is 1. The molecule has 1 aromatic carbocycles. The Balaban J connectivity index is 2.79. The van der Waals surface area contributed by atoms with Gasteiger partial charge in [0.15, 0.2) is 0 Å². The third kappa shape index (κ3) is 3.97. The van der Waals surface area contributed by atoms with E-state index in [1.165, 1.54) is 0 Å². The number of anilines is 1. The molecular weight excluding hydrogens is 234 g/mol. The molecule has 1 rings (SSSR count). The number of thioether (sulfide) groups is 1. The summed E-state index contributed by atoms with van der Waals surface area (Å²) in [6.07, 6.45) is 3.14. The second-order valence-electron chi connectivity index (χ2n) is 4.04. The Kier molecular flexibility index (Phi) is 5.35. The molecule has 0 aliphatic heterocycles. The quantitative estimate of drug-likeness (QED) is 0.817. The van der Waals surface area contributed by atoms with E-state index >= 15 is 0 Å². The molecule has 0 aliphatic rings. The molecule has 4 heteroatoms. The van der Waals surface area contributed by atoms with Crippen LogP contribution in [-0.2, 0) is 0 Å². The lowest BCUT2D eigenvalue weighted by atomic mass is 10.1. The molecule has 1 unspecified atom stereocenters. The minimum atomic E-state index is -0.870. The molecule has 0 fully saturated rings. The van der Waals surface area contributed by atoms with Crippen LogP contribution in [0.2, 0.25) is 0 Å². The van der Waals surface area contributed by atoms with Crippen molar-refractivity contribution in [2.45, 2.75) is 26.3 Å². The second kappa shape index (κ2) is 6.55. The van der Waals surface area contributed by atoms with E-state index in [0.717, 1.165) is 23.4 Å². The van der Waals surface area contributed by atoms with Crippen LogP contribution in [0.4, 0.5) is 5.69 Å². The first-order chi connectivity index (χ1) is 8.08. The average molecular weight is 253 g/mol. The van der Waals surface area contributed by atoms with E-state index < -0.39 is 5.97 Å². The molecule has 0 aromatic heterocycles. The largest absolute Gasteiger partial charge is 0.478 e. The highest BCUT2D eigenvalue weighted by atomic mass is 32.2. The van der Waals surface area contributed by atoms with Gasteiger partial charge in [-0.15, -0.1) is 0 Å². The van der Waals surface area contributed by atoms with E-state index in [9.17, 15) is 4.79 Å². The molecule has 0 aliphatic carbocycles. The first-order valence-electron chi connectivity index (χ1n) is 5.67. The summed E-state index contributed by atoms with van der Waals surface area (Å²) in [7, 11) is 0. The minimum absolute atomic E-state index is 0.369. The SMILES string of the molecule is CCC(CSC)Nc1ccc(C(=O)O)c(C)c1. The third-order valence-corrected chi connectivity index (χ3v) is 3.42. The number of hydrogen-bond donors (Lipinski definition) is 2. The van der Waals surface area contributed by atoms with Gasteiger partial charge in [0.25, 0.3) is 0 Å². The van der Waals surface area contributed by atoms with Gasteiger partial charge < -0.3 is 10.4 Å². The first kappa shape index (κ1) is 13.9. The van der Waals surface area contributed by atoms with Crippen LogP contribution in [0.5, 0.6) is 0 Å². The monoisotopic (exact) mass is 253 g/mol. The summed E-state index contributed by atoms with van der Waals surface area (Å²) in [5.74, 6) is 0.182. The van der Waals surface area contributed by atoms with Crippen molar-refractivity contribution in [3.05, 3.63) is 29.3 Å². The molecule has 17 heavy (non-hydrogen) atoms. The van der Waals surface area contributed by atoms with Gasteiger partial charge in [-0.05, 0) is 43.4 Å². The number of rotatable bonds is 6. The highest BCUT2D eigenvalue weighted by molar-refractivity contribution is 7.98. The predicted octanol–water partition coefficient (Wildman–Crippen LogP) is 3.25. The van der Waals surface area contributed by atoms with Crippen LogP contribution in [-0.4, -0.2) is 29.1 Å². The normalized spacial score (nSPS) is 12.2. The molecule has 0 amide bonds. The Morgan fingerprint density at radius 3 is 2.71 bits per heavy atom. The molecule has 0 saturated heterocycles. The Hall–Kier alpha value is -1.16. The molecular formula is C13H19NO2S. The summed E-state index contributed by atoms with van der Waals surface area (Å²) < 4.78 is 0. The second-order valence-corrected chi connectivity index (χ2v) is 4.95. The maximum Gasteiger partial charge on any atom is 0.335 e. The van der Waals surface area contributed by atoms with E-state index in [4.69, 9.17) is 5.11 Å². The third-order valence-electron chi connectivity index (χ3n) is 2.69. The van der Waals surface area contributed by atoms with Gasteiger partial charge in [-0.2, -0.15) is 11.8 Å². The van der Waals surface area contributed by atoms with E-state index in [2.05, 4.69) is 18.5 Å². The van der Waals surface area contributed by atoms with Crippen LogP contribution in [0.3, 0.4) is 0 Å². The van der Waals surface area contributed by atoms with Crippen molar-refractivity contribution >= 4 is 23.4 Å². The average Bonchev–Trinajstić information content (AvgIpc) is 2.28. The van der Waals surface area contributed by atoms with Gasteiger partial charge in [0.05, 0.1) is 5.56 Å². The standard InChI is InChI=1S/C13H19NO2S/c1-4-10(8-17-3)14-11-5-6-12(13(15)16)9(2)7-11/h5-7,10,14H,4,8H2,1-3H3,(H,15,16). The molecule has 2 N–H and O–H groups in total. The number of carboxylic acid groups (broad SMARTS) is 1. The number of aryl methyl sites for hydroxylation is 1. The maximum absolute atomic E-state index is 10.9. The summed E-state index contributed by atoms with van der Waals surface area (Å²) in [4.78, 5) is 10.9. The van der Waals surface area contributed by atoms with Crippen molar-refractivity contribution in [1.29, 1.82) is 0 Å². The number of hydrogen-bond acceptors (Lipinski definition) is 3. The van der Waals surface area contributed by atoms with Crippen molar-refractivity contribution in [2.75, 3.05) is 17.3 Å². The van der Waals surface area contributed by atoms with Crippen LogP contribution >= 0.6 is 11.8 Å². The van der Waals surface area contributed by atoms with Gasteiger partial charge in [-0.1, -0.05) is 6.92 Å². The molecule has 3 nitrogen and oxygen atoms in total. The van der Waals surface area contributed by atoms with Crippen molar-refractivity contribution in [2.24, 2.45) is 0 Å². The minimum Gasteiger partial charge on any atom is -0.478 e. The Bertz CT molecular complexity index is 393. The Morgan fingerprint density at radius 1 is 1.53 bits per heavy atom. The summed E-state index contributed by atoms with van der Waals surface area (Å²) in [5.41, 5.74) is 2.16. The lowest BCUT2D eigenvalue weighted by Crippen LogP contribution is -2.21. The zero-order chi connectivity index (χ0) is 12.8. The fourth-order valence-corrected chi connectivity index (χ4v) is 2.41. The van der Waals surface area contributed by atoms with Crippen LogP contribution < -0.4 is 5.32 Å². The van der Waals surface area contributed by atoms with Crippen LogP contribution in [0.15, 0.2) is 18.2 Å².